The Morgan fingerprint density at radius 2 is 1.75 bits per heavy atom. The van der Waals surface area contributed by atoms with E-state index in [1.165, 1.54) is 5.56 Å². The average Bonchev–Trinajstić information content (AvgIpc) is 3.15. The van der Waals surface area contributed by atoms with Crippen LogP contribution in [0.2, 0.25) is 0 Å². The number of nitrogens with one attached hydrogen (secondary N) is 2. The summed E-state index contributed by atoms with van der Waals surface area (Å²) in [6, 6.07) is 22.1. The fourth-order valence-corrected chi connectivity index (χ4v) is 2.78. The fourth-order valence-electron chi connectivity index (χ4n) is 2.54. The van der Waals surface area contributed by atoms with Crippen molar-refractivity contribution in [2.75, 3.05) is 5.32 Å². The molecule has 0 aliphatic rings. The second kappa shape index (κ2) is 7.79. The van der Waals surface area contributed by atoms with Crippen LogP contribution >= 0.6 is 12.2 Å². The summed E-state index contributed by atoms with van der Waals surface area (Å²) in [7, 11) is 0. The number of hydrogen-bond acceptors (Lipinski definition) is 2. The maximum absolute atomic E-state index is 5.58. The van der Waals surface area contributed by atoms with Crippen molar-refractivity contribution in [2.24, 2.45) is 0 Å². The first-order valence-electron chi connectivity index (χ1n) is 8.01. The minimum atomic E-state index is -0.129. The van der Waals surface area contributed by atoms with Gasteiger partial charge in [0.05, 0.1) is 6.26 Å². The highest BCUT2D eigenvalue weighted by Gasteiger charge is 2.17. The Balaban J connectivity index is 1.73. The van der Waals surface area contributed by atoms with Crippen molar-refractivity contribution in [2.45, 2.75) is 19.4 Å². The lowest BCUT2D eigenvalue weighted by Crippen LogP contribution is -2.32. The molecule has 0 aliphatic heterocycles. The molecule has 122 valence electrons. The van der Waals surface area contributed by atoms with Gasteiger partial charge in [-0.1, -0.05) is 49.4 Å². The van der Waals surface area contributed by atoms with E-state index in [4.69, 9.17) is 16.6 Å². The Morgan fingerprint density at radius 1 is 1.00 bits per heavy atom. The first kappa shape index (κ1) is 16.3. The third kappa shape index (κ3) is 4.03. The maximum Gasteiger partial charge on any atom is 0.171 e. The van der Waals surface area contributed by atoms with Gasteiger partial charge < -0.3 is 15.1 Å². The largest absolute Gasteiger partial charge is 0.467 e. The van der Waals surface area contributed by atoms with Gasteiger partial charge >= 0.3 is 0 Å². The average molecular weight is 336 g/mol. The first-order chi connectivity index (χ1) is 11.8. The minimum Gasteiger partial charge on any atom is -0.467 e. The van der Waals surface area contributed by atoms with Crippen LogP contribution in [0.4, 0.5) is 5.69 Å². The molecular weight excluding hydrogens is 316 g/mol. The summed E-state index contributed by atoms with van der Waals surface area (Å²) in [6.07, 6.45) is 2.70. The van der Waals surface area contributed by atoms with E-state index in [0.29, 0.717) is 5.11 Å². The van der Waals surface area contributed by atoms with Crippen LogP contribution in [0.15, 0.2) is 77.4 Å². The van der Waals surface area contributed by atoms with Crippen LogP contribution in [0.25, 0.3) is 0 Å². The predicted molar refractivity (Wildman–Crippen MR) is 102 cm³/mol. The van der Waals surface area contributed by atoms with Crippen LogP contribution < -0.4 is 10.6 Å². The molecule has 0 aliphatic carbocycles. The van der Waals surface area contributed by atoms with Gasteiger partial charge in [-0.25, -0.2) is 0 Å². The maximum atomic E-state index is 5.58. The summed E-state index contributed by atoms with van der Waals surface area (Å²) in [5.41, 5.74) is 3.37. The van der Waals surface area contributed by atoms with Crippen molar-refractivity contribution in [1.82, 2.24) is 5.32 Å². The zero-order valence-electron chi connectivity index (χ0n) is 13.5. The predicted octanol–water partition coefficient (Wildman–Crippen LogP) is 4.92. The molecular formula is C20H20N2OS. The molecule has 3 nitrogen and oxygen atoms in total. The molecule has 0 bridgehead atoms. The lowest BCUT2D eigenvalue weighted by molar-refractivity contribution is 0.476. The molecule has 24 heavy (non-hydrogen) atoms. The molecule has 0 saturated heterocycles. The molecule has 1 aromatic heterocycles. The van der Waals surface area contributed by atoms with Gasteiger partial charge in [0.1, 0.15) is 11.8 Å². The van der Waals surface area contributed by atoms with E-state index in [0.717, 1.165) is 23.4 Å². The van der Waals surface area contributed by atoms with Crippen LogP contribution in [-0.4, -0.2) is 5.11 Å². The van der Waals surface area contributed by atoms with E-state index in [1.54, 1.807) is 6.26 Å². The zero-order valence-corrected chi connectivity index (χ0v) is 14.3. The summed E-state index contributed by atoms with van der Waals surface area (Å²) in [5, 5.41) is 7.13. The van der Waals surface area contributed by atoms with Gasteiger partial charge in [0, 0.05) is 5.69 Å². The quantitative estimate of drug-likeness (QED) is 0.649. The van der Waals surface area contributed by atoms with E-state index in [2.05, 4.69) is 41.8 Å². The highest BCUT2D eigenvalue weighted by Crippen LogP contribution is 2.22. The Morgan fingerprint density at radius 3 is 2.38 bits per heavy atom. The number of rotatable bonds is 5. The zero-order chi connectivity index (χ0) is 16.8. The van der Waals surface area contributed by atoms with Crippen molar-refractivity contribution in [3.8, 4) is 0 Å². The Hall–Kier alpha value is -2.59. The van der Waals surface area contributed by atoms with Crippen molar-refractivity contribution >= 4 is 23.0 Å². The summed E-state index contributed by atoms with van der Waals surface area (Å²) >= 11 is 5.48. The van der Waals surface area contributed by atoms with Crippen LogP contribution in [0.3, 0.4) is 0 Å². The van der Waals surface area contributed by atoms with Crippen molar-refractivity contribution in [1.29, 1.82) is 0 Å². The third-order valence-electron chi connectivity index (χ3n) is 3.86. The molecule has 0 spiro atoms. The van der Waals surface area contributed by atoms with Gasteiger partial charge in [0.2, 0.25) is 0 Å². The Bertz CT molecular complexity index is 767. The summed E-state index contributed by atoms with van der Waals surface area (Å²) in [4.78, 5) is 0. The van der Waals surface area contributed by atoms with Crippen LogP contribution in [0.1, 0.15) is 29.9 Å². The van der Waals surface area contributed by atoms with Crippen molar-refractivity contribution in [3.05, 3.63) is 89.9 Å². The normalized spacial score (nSPS) is 11.7. The standard InChI is InChI=1S/C20H20N2OS/c1-2-15-10-12-17(13-11-15)21-20(24)22-19(18-9-6-14-23-18)16-7-4-3-5-8-16/h3-14,19H,2H2,1H3,(H2,21,22,24)/t19-/m1/s1. The molecule has 4 heteroatoms. The number of thiocarbonyl (C=S) groups is 1. The second-order valence-corrected chi connectivity index (χ2v) is 5.92. The fraction of sp³-hybridized carbons (Fsp3) is 0.150. The SMILES string of the molecule is CCc1ccc(NC(=S)N[C@H](c2ccccc2)c2ccco2)cc1. The molecule has 1 atom stereocenters. The lowest BCUT2D eigenvalue weighted by atomic mass is 10.1. The van der Waals surface area contributed by atoms with Gasteiger partial charge in [-0.15, -0.1) is 0 Å². The molecule has 0 saturated carbocycles. The minimum absolute atomic E-state index is 0.129. The molecule has 0 fully saturated rings. The number of anilines is 1. The van der Waals surface area contributed by atoms with Gasteiger partial charge in [0.15, 0.2) is 5.11 Å². The molecule has 3 aromatic rings. The molecule has 3 rings (SSSR count). The van der Waals surface area contributed by atoms with Crippen molar-refractivity contribution in [3.63, 3.8) is 0 Å². The van der Waals surface area contributed by atoms with Crippen molar-refractivity contribution < 1.29 is 4.42 Å². The lowest BCUT2D eigenvalue weighted by Gasteiger charge is -2.19. The van der Waals surface area contributed by atoms with E-state index >= 15 is 0 Å². The Kier molecular flexibility index (Phi) is 5.29. The summed E-state index contributed by atoms with van der Waals surface area (Å²) < 4.78 is 5.58. The molecule has 0 unspecified atom stereocenters. The Labute approximate surface area is 147 Å². The van der Waals surface area contributed by atoms with Crippen LogP contribution in [-0.2, 0) is 6.42 Å². The first-order valence-corrected chi connectivity index (χ1v) is 8.42. The van der Waals surface area contributed by atoms with Gasteiger partial charge in [0.25, 0.3) is 0 Å². The highest BCUT2D eigenvalue weighted by molar-refractivity contribution is 7.80. The molecule has 1 heterocycles. The summed E-state index contributed by atoms with van der Waals surface area (Å²) in [5.74, 6) is 0.826. The second-order valence-electron chi connectivity index (χ2n) is 5.51. The molecule has 2 N–H and O–H groups in total. The number of hydrogen-bond donors (Lipinski definition) is 2. The highest BCUT2D eigenvalue weighted by atomic mass is 32.1. The topological polar surface area (TPSA) is 37.2 Å². The summed E-state index contributed by atoms with van der Waals surface area (Å²) in [6.45, 7) is 2.14. The van der Waals surface area contributed by atoms with Crippen LogP contribution in [0.5, 0.6) is 0 Å². The number of aryl methyl sites for hydroxylation is 1. The number of furan rings is 1. The van der Waals surface area contributed by atoms with E-state index < -0.39 is 0 Å². The third-order valence-corrected chi connectivity index (χ3v) is 4.08. The molecule has 0 amide bonds. The monoisotopic (exact) mass is 336 g/mol. The van der Waals surface area contributed by atoms with E-state index in [-0.39, 0.29) is 6.04 Å². The van der Waals surface area contributed by atoms with E-state index in [9.17, 15) is 0 Å². The van der Waals surface area contributed by atoms with Gasteiger partial charge in [-0.3, -0.25) is 0 Å². The molecule has 0 radical (unpaired) electrons. The number of benzene rings is 2. The van der Waals surface area contributed by atoms with Gasteiger partial charge in [-0.05, 0) is 54.0 Å². The smallest absolute Gasteiger partial charge is 0.171 e. The van der Waals surface area contributed by atoms with E-state index in [1.807, 2.05) is 42.5 Å². The van der Waals surface area contributed by atoms with Crippen LogP contribution in [0, 0.1) is 0 Å². The van der Waals surface area contributed by atoms with Gasteiger partial charge in [-0.2, -0.15) is 0 Å². The molecule has 2 aromatic carbocycles.